The first-order chi connectivity index (χ1) is 29.7. The van der Waals surface area contributed by atoms with Gasteiger partial charge in [-0.2, -0.15) is 0 Å². The number of fused-ring (bicyclic) bond motifs is 1. The maximum atomic E-state index is 13.9. The van der Waals surface area contributed by atoms with E-state index >= 15 is 0 Å². The van der Waals surface area contributed by atoms with E-state index in [1.807, 2.05) is 18.2 Å². The molecule has 5 aromatic rings. The van der Waals surface area contributed by atoms with E-state index in [1.165, 1.54) is 41.1 Å². The fourth-order valence-electron chi connectivity index (χ4n) is 8.35. The molecule has 15 nitrogen and oxygen atoms in total. The number of nitrogens with one attached hydrogen (secondary N) is 3. The molecule has 3 N–H and O–H groups in total. The highest BCUT2D eigenvalue weighted by Gasteiger charge is 2.32. The van der Waals surface area contributed by atoms with E-state index in [2.05, 4.69) is 62.7 Å². The number of carbonyl (C=O) groups is 1. The number of aromatic amines is 1. The fraction of sp³-hybridized carbons (Fsp3) is 0.378. The number of pyridine rings is 1. The number of amides is 1. The van der Waals surface area contributed by atoms with E-state index < -0.39 is 31.4 Å². The van der Waals surface area contributed by atoms with Gasteiger partial charge in [-0.3, -0.25) is 19.8 Å². The molecule has 3 aromatic carbocycles. The second-order valence-corrected chi connectivity index (χ2v) is 19.0. The average molecular weight is 884 g/mol. The molecule has 0 spiro atoms. The van der Waals surface area contributed by atoms with Gasteiger partial charge in [-0.15, -0.1) is 0 Å². The van der Waals surface area contributed by atoms with E-state index in [-0.39, 0.29) is 41.1 Å². The van der Waals surface area contributed by atoms with Gasteiger partial charge in [0.25, 0.3) is 21.6 Å². The highest BCUT2D eigenvalue weighted by atomic mass is 35.5. The predicted molar refractivity (Wildman–Crippen MR) is 239 cm³/mol. The number of benzene rings is 3. The minimum atomic E-state index is -4.59. The number of rotatable bonds is 13. The van der Waals surface area contributed by atoms with Crippen LogP contribution in [0.3, 0.4) is 0 Å². The number of halogens is 1. The van der Waals surface area contributed by atoms with E-state index in [1.54, 1.807) is 24.4 Å². The lowest BCUT2D eigenvalue weighted by molar-refractivity contribution is -0.384. The maximum absolute atomic E-state index is 13.9. The zero-order chi connectivity index (χ0) is 43.6. The highest BCUT2D eigenvalue weighted by Crippen LogP contribution is 2.44. The zero-order valence-corrected chi connectivity index (χ0v) is 36.4. The van der Waals surface area contributed by atoms with Gasteiger partial charge in [-0.05, 0) is 91.3 Å². The summed E-state index contributed by atoms with van der Waals surface area (Å²) in [5, 5.41) is 16.5. The quantitative estimate of drug-likeness (QED) is 0.0766. The summed E-state index contributed by atoms with van der Waals surface area (Å²) in [6, 6.07) is 20.4. The van der Waals surface area contributed by atoms with Gasteiger partial charge < -0.3 is 29.4 Å². The largest absolute Gasteiger partial charge is 0.455 e. The highest BCUT2D eigenvalue weighted by molar-refractivity contribution is 7.90. The van der Waals surface area contributed by atoms with Crippen LogP contribution in [-0.4, -0.2) is 98.8 Å². The molecule has 62 heavy (non-hydrogen) atoms. The van der Waals surface area contributed by atoms with Crippen molar-refractivity contribution in [2.75, 3.05) is 62.8 Å². The summed E-state index contributed by atoms with van der Waals surface area (Å²) >= 11 is 6.25. The monoisotopic (exact) mass is 883 g/mol. The lowest BCUT2D eigenvalue weighted by atomic mass is 9.72. The summed E-state index contributed by atoms with van der Waals surface area (Å²) in [7, 11) is -4.59. The lowest BCUT2D eigenvalue weighted by Gasteiger charge is -2.43. The van der Waals surface area contributed by atoms with Gasteiger partial charge in [0.2, 0.25) is 0 Å². The summed E-state index contributed by atoms with van der Waals surface area (Å²) in [5.74, 6) is -0.516. The Morgan fingerprint density at radius 1 is 1.08 bits per heavy atom. The van der Waals surface area contributed by atoms with E-state index in [0.717, 1.165) is 54.5 Å². The van der Waals surface area contributed by atoms with Crippen molar-refractivity contribution in [1.29, 1.82) is 0 Å². The SMILES string of the molecule is C[C@@H]1CN(c2ccc(C(=O)NS(=O)(=O)c3ccc(NC[C@@H]4COCCO4)c([N+](=O)[O-])c3)c(Oc3cnc4[nH]ccc4c3)c2)CCN1CC1=C(c2ccc(Cl)cc2)CC(C)(C)CC1. The zero-order valence-electron chi connectivity index (χ0n) is 34.9. The van der Waals surface area contributed by atoms with Crippen molar-refractivity contribution in [2.24, 2.45) is 5.41 Å². The molecule has 8 rings (SSSR count). The molecule has 4 heterocycles. The standard InChI is InChI=1S/C45H50ClN7O8S/c1-29-26-52(17-16-51(29)27-32-12-14-45(2,3)23-39(32)30-4-6-33(46)7-5-30)34-8-10-38(42(21-34)61-35-20-31-13-15-47-43(31)49-24-35)44(54)50-62(57,58)37-9-11-40(41(22-37)53(55)56)48-25-36-28-59-18-19-60-36/h4-11,13,15,20-22,24,29,36,48H,12,14,16-19,23,25-28H2,1-3H3,(H,47,49)(H,50,54)/t29-,36-/m1/s1. The summed E-state index contributed by atoms with van der Waals surface area (Å²) in [5.41, 5.74) is 5.32. The number of piperazine rings is 1. The van der Waals surface area contributed by atoms with Crippen molar-refractivity contribution in [2.45, 2.75) is 57.1 Å². The van der Waals surface area contributed by atoms with Crippen LogP contribution in [0.2, 0.25) is 5.02 Å². The van der Waals surface area contributed by atoms with Gasteiger partial charge in [0.1, 0.15) is 22.8 Å². The number of nitro benzene ring substituents is 1. The van der Waals surface area contributed by atoms with Crippen molar-refractivity contribution < 1.29 is 32.3 Å². The van der Waals surface area contributed by atoms with Crippen molar-refractivity contribution in [3.8, 4) is 11.5 Å². The minimum absolute atomic E-state index is 0.0532. The van der Waals surface area contributed by atoms with Gasteiger partial charge in [0.15, 0.2) is 0 Å². The van der Waals surface area contributed by atoms with E-state index in [0.29, 0.717) is 44.3 Å². The van der Waals surface area contributed by atoms with Crippen LogP contribution in [0.4, 0.5) is 17.1 Å². The van der Waals surface area contributed by atoms with Crippen molar-refractivity contribution in [1.82, 2.24) is 19.6 Å². The first-order valence-corrected chi connectivity index (χ1v) is 22.6. The van der Waals surface area contributed by atoms with Crippen LogP contribution >= 0.6 is 11.6 Å². The number of allylic oxidation sites excluding steroid dienone is 1. The molecule has 2 aromatic heterocycles. The van der Waals surface area contributed by atoms with Crippen molar-refractivity contribution >= 4 is 61.2 Å². The Labute approximate surface area is 365 Å². The first-order valence-electron chi connectivity index (χ1n) is 20.7. The van der Waals surface area contributed by atoms with Crippen LogP contribution < -0.4 is 19.7 Å². The molecule has 1 amide bonds. The van der Waals surface area contributed by atoms with Crippen LogP contribution in [-0.2, 0) is 19.5 Å². The Bertz CT molecular complexity index is 2610. The number of hydrogen-bond donors (Lipinski definition) is 3. The molecule has 17 heteroatoms. The third-order valence-corrected chi connectivity index (χ3v) is 13.4. The lowest BCUT2D eigenvalue weighted by Crippen LogP contribution is -2.52. The van der Waals surface area contributed by atoms with Crippen LogP contribution in [0.25, 0.3) is 16.6 Å². The molecule has 1 aliphatic carbocycles. The molecular weight excluding hydrogens is 834 g/mol. The van der Waals surface area contributed by atoms with Crippen LogP contribution in [0, 0.1) is 15.5 Å². The van der Waals surface area contributed by atoms with Gasteiger partial charge in [-0.25, -0.2) is 18.1 Å². The predicted octanol–water partition coefficient (Wildman–Crippen LogP) is 8.04. The normalized spacial score (nSPS) is 19.6. The average Bonchev–Trinajstić information content (AvgIpc) is 3.72. The Morgan fingerprint density at radius 2 is 1.90 bits per heavy atom. The van der Waals surface area contributed by atoms with E-state index in [9.17, 15) is 23.3 Å². The van der Waals surface area contributed by atoms with E-state index in [4.69, 9.17) is 25.8 Å². The molecule has 2 fully saturated rings. The van der Waals surface area contributed by atoms with Gasteiger partial charge in [0, 0.05) is 73.2 Å². The smallest absolute Gasteiger partial charge is 0.293 e. The molecule has 2 atom stereocenters. The summed E-state index contributed by atoms with van der Waals surface area (Å²) in [4.78, 5) is 37.1. The van der Waals surface area contributed by atoms with Crippen LogP contribution in [0.15, 0.2) is 95.7 Å². The Balaban J connectivity index is 1.02. The fourth-order valence-corrected chi connectivity index (χ4v) is 9.46. The number of sulfonamides is 1. The van der Waals surface area contributed by atoms with Gasteiger partial charge in [0.05, 0.1) is 47.5 Å². The Kier molecular flexibility index (Phi) is 12.6. The van der Waals surface area contributed by atoms with Crippen molar-refractivity contribution in [3.05, 3.63) is 117 Å². The molecular formula is C45H50ClN7O8S. The van der Waals surface area contributed by atoms with Crippen LogP contribution in [0.1, 0.15) is 56.0 Å². The van der Waals surface area contributed by atoms with Crippen molar-refractivity contribution in [3.63, 3.8) is 0 Å². The molecule has 3 aliphatic rings. The third-order valence-electron chi connectivity index (χ3n) is 11.8. The van der Waals surface area contributed by atoms with Gasteiger partial charge in [-0.1, -0.05) is 43.2 Å². The topological polar surface area (TPSA) is 181 Å². The molecule has 0 unspecified atom stereocenters. The summed E-state index contributed by atoms with van der Waals surface area (Å²) in [6.07, 6.45) is 6.12. The molecule has 0 bridgehead atoms. The molecule has 0 radical (unpaired) electrons. The van der Waals surface area contributed by atoms with Crippen LogP contribution in [0.5, 0.6) is 11.5 Å². The number of ether oxygens (including phenoxy) is 3. The number of aromatic nitrogens is 2. The number of H-pyrrole nitrogens is 1. The number of carbonyl (C=O) groups excluding carboxylic acids is 1. The second-order valence-electron chi connectivity index (χ2n) is 16.9. The Morgan fingerprint density at radius 3 is 2.66 bits per heavy atom. The molecule has 2 saturated heterocycles. The summed E-state index contributed by atoms with van der Waals surface area (Å²) < 4.78 is 46.8. The number of nitrogens with zero attached hydrogens (tertiary/aromatic N) is 4. The number of hydrogen-bond acceptors (Lipinski definition) is 12. The molecule has 2 aliphatic heterocycles. The third kappa shape index (κ3) is 9.90. The summed E-state index contributed by atoms with van der Waals surface area (Å²) in [6.45, 7) is 11.4. The maximum Gasteiger partial charge on any atom is 0.293 e. The first kappa shape index (κ1) is 43.1. The Hall–Kier alpha value is -5.52. The molecule has 326 valence electrons. The minimum Gasteiger partial charge on any atom is -0.455 e. The molecule has 0 saturated carbocycles. The number of nitro groups is 1. The van der Waals surface area contributed by atoms with Gasteiger partial charge >= 0.3 is 0 Å². The number of anilines is 2. The second kappa shape index (κ2) is 18.1.